The van der Waals surface area contributed by atoms with Gasteiger partial charge >= 0.3 is 5.97 Å². The summed E-state index contributed by atoms with van der Waals surface area (Å²) in [6, 6.07) is 16.4. The Morgan fingerprint density at radius 1 is 0.960 bits per heavy atom. The van der Waals surface area contributed by atoms with Crippen LogP contribution in [0.4, 0.5) is 0 Å². The predicted molar refractivity (Wildman–Crippen MR) is 95.1 cm³/mol. The van der Waals surface area contributed by atoms with Gasteiger partial charge in [-0.15, -0.1) is 0 Å². The zero-order chi connectivity index (χ0) is 17.5. The highest BCUT2D eigenvalue weighted by atomic mass is 35.5. The SMILES string of the molecule is O=C(COc1ccc(Cl)c2cccnc12)OCCOc1ccccc1. The molecule has 1 heterocycles. The number of para-hydroxylation sites is 1. The fourth-order valence-electron chi connectivity index (χ4n) is 2.24. The van der Waals surface area contributed by atoms with Gasteiger partial charge in [0, 0.05) is 11.6 Å². The molecule has 25 heavy (non-hydrogen) atoms. The number of halogens is 1. The Hall–Kier alpha value is -2.79. The second-order valence-corrected chi connectivity index (χ2v) is 5.52. The molecule has 0 spiro atoms. The first-order valence-corrected chi connectivity index (χ1v) is 8.11. The third-order valence-corrected chi connectivity index (χ3v) is 3.71. The topological polar surface area (TPSA) is 57.7 Å². The third kappa shape index (κ3) is 4.61. The van der Waals surface area contributed by atoms with Gasteiger partial charge in [-0.05, 0) is 36.4 Å². The molecule has 0 aliphatic rings. The second-order valence-electron chi connectivity index (χ2n) is 5.12. The molecular formula is C19H16ClNO4. The quantitative estimate of drug-likeness (QED) is 0.474. The van der Waals surface area contributed by atoms with E-state index in [-0.39, 0.29) is 19.8 Å². The molecule has 5 nitrogen and oxygen atoms in total. The van der Waals surface area contributed by atoms with Gasteiger partial charge in [-0.25, -0.2) is 4.79 Å². The van der Waals surface area contributed by atoms with Crippen molar-refractivity contribution in [3.05, 3.63) is 65.8 Å². The summed E-state index contributed by atoms with van der Waals surface area (Å²) in [6.07, 6.45) is 1.64. The van der Waals surface area contributed by atoms with Crippen molar-refractivity contribution in [3.8, 4) is 11.5 Å². The Kier molecular flexibility index (Phi) is 5.69. The van der Waals surface area contributed by atoms with Gasteiger partial charge in [0.25, 0.3) is 0 Å². The van der Waals surface area contributed by atoms with E-state index in [0.717, 1.165) is 11.1 Å². The van der Waals surface area contributed by atoms with Gasteiger partial charge in [-0.1, -0.05) is 29.8 Å². The van der Waals surface area contributed by atoms with Crippen LogP contribution in [0.3, 0.4) is 0 Å². The van der Waals surface area contributed by atoms with E-state index in [1.54, 1.807) is 24.4 Å². The van der Waals surface area contributed by atoms with Crippen LogP contribution in [-0.4, -0.2) is 30.8 Å². The van der Waals surface area contributed by atoms with E-state index in [1.807, 2.05) is 36.4 Å². The molecule has 0 atom stereocenters. The number of aromatic nitrogens is 1. The molecular weight excluding hydrogens is 342 g/mol. The first-order chi connectivity index (χ1) is 12.2. The lowest BCUT2D eigenvalue weighted by atomic mass is 10.2. The number of carbonyl (C=O) groups excluding carboxylic acids is 1. The number of pyridine rings is 1. The first kappa shape index (κ1) is 17.0. The van der Waals surface area contributed by atoms with Gasteiger partial charge in [-0.2, -0.15) is 0 Å². The van der Waals surface area contributed by atoms with Crippen molar-refractivity contribution < 1.29 is 19.0 Å². The van der Waals surface area contributed by atoms with Crippen LogP contribution in [0.25, 0.3) is 10.9 Å². The minimum absolute atomic E-state index is 0.150. The van der Waals surface area contributed by atoms with Crippen molar-refractivity contribution in [2.75, 3.05) is 19.8 Å². The second kappa shape index (κ2) is 8.35. The highest BCUT2D eigenvalue weighted by Gasteiger charge is 2.10. The lowest BCUT2D eigenvalue weighted by Crippen LogP contribution is -2.18. The summed E-state index contributed by atoms with van der Waals surface area (Å²) in [4.78, 5) is 16.0. The van der Waals surface area contributed by atoms with E-state index in [1.165, 1.54) is 0 Å². The molecule has 0 aliphatic heterocycles. The van der Waals surface area contributed by atoms with Crippen molar-refractivity contribution in [3.63, 3.8) is 0 Å². The minimum atomic E-state index is -0.476. The Morgan fingerprint density at radius 2 is 1.80 bits per heavy atom. The van der Waals surface area contributed by atoms with Crippen LogP contribution in [0.5, 0.6) is 11.5 Å². The summed E-state index contributed by atoms with van der Waals surface area (Å²) >= 11 is 6.13. The first-order valence-electron chi connectivity index (χ1n) is 7.73. The number of hydrogen-bond donors (Lipinski definition) is 0. The molecule has 0 unspecified atom stereocenters. The van der Waals surface area contributed by atoms with Gasteiger partial charge in [0.1, 0.15) is 30.2 Å². The van der Waals surface area contributed by atoms with Crippen LogP contribution >= 0.6 is 11.6 Å². The number of esters is 1. The van der Waals surface area contributed by atoms with E-state index < -0.39 is 5.97 Å². The van der Waals surface area contributed by atoms with E-state index >= 15 is 0 Å². The normalized spacial score (nSPS) is 10.4. The molecule has 0 saturated heterocycles. The Bertz CT molecular complexity index is 854. The number of rotatable bonds is 7. The van der Waals surface area contributed by atoms with Crippen molar-refractivity contribution in [2.45, 2.75) is 0 Å². The fourth-order valence-corrected chi connectivity index (χ4v) is 2.45. The number of nitrogens with zero attached hydrogens (tertiary/aromatic N) is 1. The fraction of sp³-hybridized carbons (Fsp3) is 0.158. The van der Waals surface area contributed by atoms with Crippen molar-refractivity contribution in [1.82, 2.24) is 4.98 Å². The van der Waals surface area contributed by atoms with Gasteiger partial charge in [0.2, 0.25) is 0 Å². The number of ether oxygens (including phenoxy) is 3. The van der Waals surface area contributed by atoms with Gasteiger partial charge < -0.3 is 14.2 Å². The molecule has 2 aromatic carbocycles. The Labute approximate surface area is 150 Å². The van der Waals surface area contributed by atoms with Crippen LogP contribution in [0.1, 0.15) is 0 Å². The summed E-state index contributed by atoms with van der Waals surface area (Å²) in [5, 5.41) is 1.35. The van der Waals surface area contributed by atoms with Gasteiger partial charge in [0.05, 0.1) is 5.02 Å². The zero-order valence-corrected chi connectivity index (χ0v) is 14.1. The minimum Gasteiger partial charge on any atom is -0.490 e. The van der Waals surface area contributed by atoms with Crippen LogP contribution in [0.2, 0.25) is 5.02 Å². The highest BCUT2D eigenvalue weighted by Crippen LogP contribution is 2.29. The number of fused-ring (bicyclic) bond motifs is 1. The molecule has 0 N–H and O–H groups in total. The van der Waals surface area contributed by atoms with Crippen LogP contribution in [0.15, 0.2) is 60.8 Å². The predicted octanol–water partition coefficient (Wildman–Crippen LogP) is 3.89. The number of hydrogen-bond acceptors (Lipinski definition) is 5. The maximum atomic E-state index is 11.8. The summed E-state index contributed by atoms with van der Waals surface area (Å²) in [5.41, 5.74) is 0.607. The third-order valence-electron chi connectivity index (χ3n) is 3.38. The molecule has 3 aromatic rings. The standard InChI is InChI=1S/C19H16ClNO4/c20-16-8-9-17(19-15(16)7-4-10-21-19)25-13-18(22)24-12-11-23-14-5-2-1-3-6-14/h1-10H,11-13H2. The van der Waals surface area contributed by atoms with E-state index in [0.29, 0.717) is 16.3 Å². The summed E-state index contributed by atoms with van der Waals surface area (Å²) in [7, 11) is 0. The van der Waals surface area contributed by atoms with Crippen LogP contribution in [-0.2, 0) is 9.53 Å². The van der Waals surface area contributed by atoms with Crippen molar-refractivity contribution >= 4 is 28.5 Å². The lowest BCUT2D eigenvalue weighted by Gasteiger charge is -2.10. The average molecular weight is 358 g/mol. The summed E-state index contributed by atoms with van der Waals surface area (Å²) in [5.74, 6) is 0.738. The van der Waals surface area contributed by atoms with Crippen LogP contribution < -0.4 is 9.47 Å². The molecule has 0 amide bonds. The molecule has 1 aromatic heterocycles. The van der Waals surface area contributed by atoms with E-state index in [2.05, 4.69) is 4.98 Å². The molecule has 3 rings (SSSR count). The van der Waals surface area contributed by atoms with Crippen molar-refractivity contribution in [1.29, 1.82) is 0 Å². The monoisotopic (exact) mass is 357 g/mol. The molecule has 0 fully saturated rings. The molecule has 0 radical (unpaired) electrons. The molecule has 0 saturated carbocycles. The smallest absolute Gasteiger partial charge is 0.344 e. The zero-order valence-electron chi connectivity index (χ0n) is 13.4. The maximum Gasteiger partial charge on any atom is 0.344 e. The maximum absolute atomic E-state index is 11.8. The summed E-state index contributed by atoms with van der Waals surface area (Å²) < 4.78 is 16.0. The molecule has 0 aliphatic carbocycles. The Balaban J connectivity index is 1.47. The van der Waals surface area contributed by atoms with Crippen LogP contribution in [0, 0.1) is 0 Å². The Morgan fingerprint density at radius 3 is 2.64 bits per heavy atom. The van der Waals surface area contributed by atoms with Gasteiger partial charge in [0.15, 0.2) is 6.61 Å². The lowest BCUT2D eigenvalue weighted by molar-refractivity contribution is -0.146. The van der Waals surface area contributed by atoms with Crippen molar-refractivity contribution in [2.24, 2.45) is 0 Å². The van der Waals surface area contributed by atoms with E-state index in [4.69, 9.17) is 25.8 Å². The highest BCUT2D eigenvalue weighted by molar-refractivity contribution is 6.35. The average Bonchev–Trinajstić information content (AvgIpc) is 2.66. The number of carbonyl (C=O) groups is 1. The molecule has 6 heteroatoms. The van der Waals surface area contributed by atoms with Gasteiger partial charge in [-0.3, -0.25) is 4.98 Å². The number of benzene rings is 2. The molecule has 0 bridgehead atoms. The summed E-state index contributed by atoms with van der Waals surface area (Å²) in [6.45, 7) is 0.219. The largest absolute Gasteiger partial charge is 0.490 e. The molecule has 128 valence electrons. The van der Waals surface area contributed by atoms with E-state index in [9.17, 15) is 4.79 Å².